The lowest BCUT2D eigenvalue weighted by molar-refractivity contribution is 0.505. The van der Waals surface area contributed by atoms with Crippen LogP contribution in [0.1, 0.15) is 32.5 Å². The van der Waals surface area contributed by atoms with Crippen molar-refractivity contribution in [3.63, 3.8) is 0 Å². The van der Waals surface area contributed by atoms with Gasteiger partial charge in [-0.05, 0) is 38.9 Å². The van der Waals surface area contributed by atoms with Gasteiger partial charge in [0.2, 0.25) is 0 Å². The molecule has 0 saturated heterocycles. The molecule has 3 nitrogen and oxygen atoms in total. The zero-order chi connectivity index (χ0) is 13.0. The van der Waals surface area contributed by atoms with Gasteiger partial charge >= 0.3 is 0 Å². The first-order chi connectivity index (χ1) is 8.76. The molecule has 1 atom stereocenters. The third kappa shape index (κ3) is 2.72. The van der Waals surface area contributed by atoms with E-state index in [0.717, 1.165) is 18.5 Å². The van der Waals surface area contributed by atoms with E-state index in [1.54, 1.807) is 0 Å². The van der Waals surface area contributed by atoms with Crippen molar-refractivity contribution in [2.45, 2.75) is 45.7 Å². The first-order valence-electron chi connectivity index (χ1n) is 6.87. The van der Waals surface area contributed by atoms with Crippen molar-refractivity contribution in [1.29, 1.82) is 0 Å². The van der Waals surface area contributed by atoms with E-state index >= 15 is 0 Å². The topological polar surface area (TPSA) is 29.9 Å². The maximum Gasteiger partial charge on any atom is 0.109 e. The summed E-state index contributed by atoms with van der Waals surface area (Å²) in [5.41, 5.74) is 2.39. The average Bonchev–Trinajstić information content (AvgIpc) is 2.77. The van der Waals surface area contributed by atoms with Gasteiger partial charge in [-0.1, -0.05) is 19.1 Å². The summed E-state index contributed by atoms with van der Waals surface area (Å²) in [7, 11) is 2.02. The highest BCUT2D eigenvalue weighted by atomic mass is 15.1. The highest BCUT2D eigenvalue weighted by Crippen LogP contribution is 2.17. The Balaban J connectivity index is 2.15. The molecule has 0 fully saturated rings. The van der Waals surface area contributed by atoms with Crippen molar-refractivity contribution in [3.8, 4) is 0 Å². The van der Waals surface area contributed by atoms with Crippen molar-refractivity contribution >= 4 is 11.0 Å². The van der Waals surface area contributed by atoms with E-state index in [2.05, 4.69) is 48.0 Å². The predicted molar refractivity (Wildman–Crippen MR) is 76.9 cm³/mol. The van der Waals surface area contributed by atoms with Crippen LogP contribution in [-0.4, -0.2) is 22.6 Å². The Kier molecular flexibility index (Phi) is 4.37. The molecule has 0 aliphatic carbocycles. The zero-order valence-corrected chi connectivity index (χ0v) is 11.6. The number of aryl methyl sites for hydroxylation is 2. The van der Waals surface area contributed by atoms with E-state index < -0.39 is 0 Å². The Labute approximate surface area is 109 Å². The van der Waals surface area contributed by atoms with Crippen LogP contribution in [0.4, 0.5) is 0 Å². The maximum atomic E-state index is 4.70. The fraction of sp³-hybridized carbons (Fsp3) is 0.533. The van der Waals surface area contributed by atoms with Crippen LogP contribution in [0.3, 0.4) is 0 Å². The van der Waals surface area contributed by atoms with E-state index in [9.17, 15) is 0 Å². The summed E-state index contributed by atoms with van der Waals surface area (Å²) in [6.07, 6.45) is 3.39. The average molecular weight is 245 g/mol. The summed E-state index contributed by atoms with van der Waals surface area (Å²) < 4.78 is 2.37. The van der Waals surface area contributed by atoms with Crippen LogP contribution in [0.2, 0.25) is 0 Å². The lowest BCUT2D eigenvalue weighted by Gasteiger charge is -2.12. The third-order valence-corrected chi connectivity index (χ3v) is 3.56. The highest BCUT2D eigenvalue weighted by molar-refractivity contribution is 5.75. The largest absolute Gasteiger partial charge is 0.328 e. The highest BCUT2D eigenvalue weighted by Gasteiger charge is 2.08. The quantitative estimate of drug-likeness (QED) is 0.848. The Hall–Kier alpha value is -1.35. The van der Waals surface area contributed by atoms with Crippen LogP contribution >= 0.6 is 0 Å². The lowest BCUT2D eigenvalue weighted by atomic mass is 10.2. The minimum atomic E-state index is 0.588. The zero-order valence-electron chi connectivity index (χ0n) is 11.6. The molecule has 3 heteroatoms. The smallest absolute Gasteiger partial charge is 0.109 e. The molecule has 1 unspecified atom stereocenters. The summed E-state index contributed by atoms with van der Waals surface area (Å²) in [5, 5.41) is 3.29. The van der Waals surface area contributed by atoms with Crippen LogP contribution in [0.5, 0.6) is 0 Å². The first kappa shape index (κ1) is 13.1. The van der Waals surface area contributed by atoms with Crippen molar-refractivity contribution < 1.29 is 0 Å². The number of nitrogens with zero attached hydrogens (tertiary/aromatic N) is 2. The van der Waals surface area contributed by atoms with E-state index in [1.807, 2.05) is 7.05 Å². The number of fused-ring (bicyclic) bond motifs is 1. The number of imidazole rings is 1. The van der Waals surface area contributed by atoms with Crippen LogP contribution in [0.15, 0.2) is 24.3 Å². The van der Waals surface area contributed by atoms with Crippen molar-refractivity contribution in [2.75, 3.05) is 7.05 Å². The van der Waals surface area contributed by atoms with Gasteiger partial charge < -0.3 is 9.88 Å². The standard InChI is InChI=1S/C15H23N3/c1-4-15-17-13-9-5-6-10-14(13)18(15)11-7-8-12(2)16-3/h5-6,9-10,12,16H,4,7-8,11H2,1-3H3. The van der Waals surface area contributed by atoms with Gasteiger partial charge in [-0.25, -0.2) is 4.98 Å². The first-order valence-corrected chi connectivity index (χ1v) is 6.87. The lowest BCUT2D eigenvalue weighted by Crippen LogP contribution is -2.21. The molecular weight excluding hydrogens is 222 g/mol. The molecule has 0 aliphatic heterocycles. The predicted octanol–water partition coefficient (Wildman–Crippen LogP) is 2.99. The Morgan fingerprint density at radius 3 is 2.83 bits per heavy atom. The minimum Gasteiger partial charge on any atom is -0.328 e. The molecule has 1 N–H and O–H groups in total. The summed E-state index contributed by atoms with van der Waals surface area (Å²) in [4.78, 5) is 4.70. The van der Waals surface area contributed by atoms with Gasteiger partial charge in [0, 0.05) is 19.0 Å². The van der Waals surface area contributed by atoms with Gasteiger partial charge in [-0.15, -0.1) is 0 Å². The SMILES string of the molecule is CCc1nc2ccccc2n1CCCC(C)NC. The van der Waals surface area contributed by atoms with Crippen LogP contribution < -0.4 is 5.32 Å². The number of hydrogen-bond donors (Lipinski definition) is 1. The normalized spacial score (nSPS) is 13.1. The van der Waals surface area contributed by atoms with Crippen LogP contribution in [0.25, 0.3) is 11.0 Å². The van der Waals surface area contributed by atoms with Crippen molar-refractivity contribution in [3.05, 3.63) is 30.1 Å². The fourth-order valence-electron chi connectivity index (χ4n) is 2.34. The molecular formula is C15H23N3. The molecule has 0 saturated carbocycles. The molecule has 0 bridgehead atoms. The number of nitrogens with one attached hydrogen (secondary N) is 1. The number of para-hydroxylation sites is 2. The maximum absolute atomic E-state index is 4.70. The second kappa shape index (κ2) is 6.01. The van der Waals surface area contributed by atoms with Gasteiger partial charge in [-0.2, -0.15) is 0 Å². The number of rotatable bonds is 6. The van der Waals surface area contributed by atoms with Gasteiger partial charge in [0.15, 0.2) is 0 Å². The van der Waals surface area contributed by atoms with Gasteiger partial charge in [0.25, 0.3) is 0 Å². The van der Waals surface area contributed by atoms with E-state index in [-0.39, 0.29) is 0 Å². The third-order valence-electron chi connectivity index (χ3n) is 3.56. The summed E-state index contributed by atoms with van der Waals surface area (Å²) in [6.45, 7) is 5.47. The van der Waals surface area contributed by atoms with Gasteiger partial charge in [0.1, 0.15) is 5.82 Å². The Morgan fingerprint density at radius 2 is 2.11 bits per heavy atom. The molecule has 18 heavy (non-hydrogen) atoms. The minimum absolute atomic E-state index is 0.588. The molecule has 0 spiro atoms. The number of benzene rings is 1. The number of hydrogen-bond acceptors (Lipinski definition) is 2. The summed E-state index contributed by atoms with van der Waals surface area (Å²) in [6, 6.07) is 9.01. The summed E-state index contributed by atoms with van der Waals surface area (Å²) in [5.74, 6) is 1.20. The molecule has 1 heterocycles. The van der Waals surface area contributed by atoms with E-state index in [4.69, 9.17) is 4.98 Å². The van der Waals surface area contributed by atoms with Crippen molar-refractivity contribution in [1.82, 2.24) is 14.9 Å². The van der Waals surface area contributed by atoms with Crippen LogP contribution in [0, 0.1) is 0 Å². The number of aromatic nitrogens is 2. The second-order valence-corrected chi connectivity index (χ2v) is 4.85. The molecule has 1 aromatic carbocycles. The Morgan fingerprint density at radius 1 is 1.33 bits per heavy atom. The summed E-state index contributed by atoms with van der Waals surface area (Å²) >= 11 is 0. The van der Waals surface area contributed by atoms with Crippen molar-refractivity contribution in [2.24, 2.45) is 0 Å². The molecule has 98 valence electrons. The molecule has 0 amide bonds. The van der Waals surface area contributed by atoms with Gasteiger partial charge in [0.05, 0.1) is 11.0 Å². The molecule has 2 aromatic rings. The second-order valence-electron chi connectivity index (χ2n) is 4.85. The molecule has 1 aromatic heterocycles. The monoisotopic (exact) mass is 245 g/mol. The Bertz CT molecular complexity index is 501. The fourth-order valence-corrected chi connectivity index (χ4v) is 2.34. The van der Waals surface area contributed by atoms with Crippen LogP contribution in [-0.2, 0) is 13.0 Å². The molecule has 0 radical (unpaired) electrons. The van der Waals surface area contributed by atoms with E-state index in [1.165, 1.54) is 24.2 Å². The van der Waals surface area contributed by atoms with Gasteiger partial charge in [-0.3, -0.25) is 0 Å². The molecule has 0 aliphatic rings. The van der Waals surface area contributed by atoms with E-state index in [0.29, 0.717) is 6.04 Å². The molecule has 2 rings (SSSR count).